The van der Waals surface area contributed by atoms with Crippen LogP contribution in [0.3, 0.4) is 0 Å². The number of nitrogens with zero attached hydrogens (tertiary/aromatic N) is 2. The highest BCUT2D eigenvalue weighted by atomic mass is 15.2. The fraction of sp³-hybridized carbons (Fsp3) is 0.308. The summed E-state index contributed by atoms with van der Waals surface area (Å²) in [5.41, 5.74) is 2.36. The van der Waals surface area contributed by atoms with Gasteiger partial charge < -0.3 is 4.90 Å². The van der Waals surface area contributed by atoms with Crippen molar-refractivity contribution in [2.24, 2.45) is 0 Å². The number of fused-ring (bicyclic) bond motifs is 1. The third-order valence-electron chi connectivity index (χ3n) is 3.10. The molecule has 1 saturated heterocycles. The second-order valence-electron chi connectivity index (χ2n) is 4.35. The van der Waals surface area contributed by atoms with Crippen LogP contribution >= 0.6 is 0 Å². The van der Waals surface area contributed by atoms with Crippen LogP contribution in [-0.2, 0) is 0 Å². The molecule has 1 aromatic heterocycles. The van der Waals surface area contributed by atoms with Crippen LogP contribution in [0.4, 0.5) is 0 Å². The third kappa shape index (κ3) is 1.51. The summed E-state index contributed by atoms with van der Waals surface area (Å²) < 4.78 is 0. The molecule has 1 aliphatic heterocycles. The van der Waals surface area contributed by atoms with Gasteiger partial charge in [-0.05, 0) is 19.2 Å². The molecule has 2 nitrogen and oxygen atoms in total. The van der Waals surface area contributed by atoms with Gasteiger partial charge in [-0.25, -0.2) is 0 Å². The van der Waals surface area contributed by atoms with E-state index in [2.05, 4.69) is 42.3 Å². The number of hydrogen-bond acceptors (Lipinski definition) is 2. The van der Waals surface area contributed by atoms with Crippen molar-refractivity contribution in [2.45, 2.75) is 5.92 Å². The molecule has 0 saturated carbocycles. The van der Waals surface area contributed by atoms with E-state index >= 15 is 0 Å². The Hall–Kier alpha value is -1.41. The van der Waals surface area contributed by atoms with E-state index in [-0.39, 0.29) is 0 Å². The summed E-state index contributed by atoms with van der Waals surface area (Å²) in [4.78, 5) is 7.03. The van der Waals surface area contributed by atoms with Gasteiger partial charge in [-0.2, -0.15) is 0 Å². The molecule has 2 heteroatoms. The fourth-order valence-electron chi connectivity index (χ4n) is 2.20. The molecule has 3 rings (SSSR count). The van der Waals surface area contributed by atoms with Crippen LogP contribution in [-0.4, -0.2) is 30.0 Å². The maximum atomic E-state index is 4.70. The van der Waals surface area contributed by atoms with E-state index in [1.54, 1.807) is 0 Å². The number of para-hydroxylation sites is 1. The minimum absolute atomic E-state index is 0.639. The van der Waals surface area contributed by atoms with Gasteiger partial charge in [0.2, 0.25) is 0 Å². The van der Waals surface area contributed by atoms with Crippen molar-refractivity contribution in [3.63, 3.8) is 0 Å². The fourth-order valence-corrected chi connectivity index (χ4v) is 2.20. The van der Waals surface area contributed by atoms with E-state index in [9.17, 15) is 0 Å². The molecule has 0 bridgehead atoms. The van der Waals surface area contributed by atoms with Gasteiger partial charge in [0.05, 0.1) is 5.52 Å². The first kappa shape index (κ1) is 8.86. The molecule has 0 amide bonds. The molecule has 0 atom stereocenters. The molecule has 0 aliphatic carbocycles. The molecule has 76 valence electrons. The molecule has 1 fully saturated rings. The number of likely N-dealkylation sites (N-methyl/N-ethyl adjacent to an activating group) is 1. The highest BCUT2D eigenvalue weighted by Crippen LogP contribution is 2.25. The average molecular weight is 198 g/mol. The molecular formula is C13H14N2. The second-order valence-corrected chi connectivity index (χ2v) is 4.35. The Morgan fingerprint density at radius 1 is 1.13 bits per heavy atom. The predicted octanol–water partition coefficient (Wildman–Crippen LogP) is 2.26. The number of benzene rings is 1. The van der Waals surface area contributed by atoms with Gasteiger partial charge in [0, 0.05) is 30.1 Å². The molecule has 2 aromatic rings. The van der Waals surface area contributed by atoms with Crippen LogP contribution in [0.15, 0.2) is 36.4 Å². The summed E-state index contributed by atoms with van der Waals surface area (Å²) >= 11 is 0. The SMILES string of the molecule is CN1CC(c2ccc3ccccc3n2)C1. The van der Waals surface area contributed by atoms with Gasteiger partial charge >= 0.3 is 0 Å². The number of rotatable bonds is 1. The zero-order valence-electron chi connectivity index (χ0n) is 8.85. The molecule has 2 heterocycles. The van der Waals surface area contributed by atoms with E-state index < -0.39 is 0 Å². The highest BCUT2D eigenvalue weighted by molar-refractivity contribution is 5.78. The van der Waals surface area contributed by atoms with Crippen molar-refractivity contribution in [3.05, 3.63) is 42.1 Å². The van der Waals surface area contributed by atoms with Crippen LogP contribution in [0.1, 0.15) is 11.6 Å². The summed E-state index contributed by atoms with van der Waals surface area (Å²) in [6.45, 7) is 2.29. The highest BCUT2D eigenvalue weighted by Gasteiger charge is 2.25. The molecule has 0 unspecified atom stereocenters. The Bertz CT molecular complexity index is 487. The monoisotopic (exact) mass is 198 g/mol. The lowest BCUT2D eigenvalue weighted by Crippen LogP contribution is -2.42. The molecule has 0 radical (unpaired) electrons. The second kappa shape index (κ2) is 3.31. The summed E-state index contributed by atoms with van der Waals surface area (Å²) in [6.07, 6.45) is 0. The summed E-state index contributed by atoms with van der Waals surface area (Å²) in [7, 11) is 2.15. The summed E-state index contributed by atoms with van der Waals surface area (Å²) in [5, 5.41) is 1.23. The van der Waals surface area contributed by atoms with Crippen LogP contribution < -0.4 is 0 Å². The van der Waals surface area contributed by atoms with Crippen LogP contribution in [0.5, 0.6) is 0 Å². The Kier molecular flexibility index (Phi) is 1.96. The normalized spacial score (nSPS) is 17.9. The van der Waals surface area contributed by atoms with Gasteiger partial charge in [-0.3, -0.25) is 4.98 Å². The van der Waals surface area contributed by atoms with Gasteiger partial charge in [-0.1, -0.05) is 24.3 Å². The van der Waals surface area contributed by atoms with Crippen molar-refractivity contribution in [2.75, 3.05) is 20.1 Å². The van der Waals surface area contributed by atoms with Gasteiger partial charge in [0.25, 0.3) is 0 Å². The summed E-state index contributed by atoms with van der Waals surface area (Å²) in [6, 6.07) is 12.6. The van der Waals surface area contributed by atoms with Gasteiger partial charge in [0.1, 0.15) is 0 Å². The zero-order valence-corrected chi connectivity index (χ0v) is 8.85. The molecule has 1 aliphatic rings. The minimum Gasteiger partial charge on any atom is -0.305 e. The number of aromatic nitrogens is 1. The van der Waals surface area contributed by atoms with Crippen LogP contribution in [0, 0.1) is 0 Å². The third-order valence-corrected chi connectivity index (χ3v) is 3.10. The van der Waals surface area contributed by atoms with Crippen molar-refractivity contribution < 1.29 is 0 Å². The predicted molar refractivity (Wildman–Crippen MR) is 62.0 cm³/mol. The van der Waals surface area contributed by atoms with Crippen molar-refractivity contribution >= 4 is 10.9 Å². The molecule has 0 N–H and O–H groups in total. The average Bonchev–Trinajstić information content (AvgIpc) is 2.24. The maximum absolute atomic E-state index is 4.70. The topological polar surface area (TPSA) is 16.1 Å². The Labute approximate surface area is 89.5 Å². The van der Waals surface area contributed by atoms with E-state index in [4.69, 9.17) is 4.98 Å². The molecule has 0 spiro atoms. The molecule has 15 heavy (non-hydrogen) atoms. The molecular weight excluding hydrogens is 184 g/mol. The number of likely N-dealkylation sites (tertiary alicyclic amines) is 1. The van der Waals surface area contributed by atoms with Crippen molar-refractivity contribution in [3.8, 4) is 0 Å². The van der Waals surface area contributed by atoms with E-state index in [0.29, 0.717) is 5.92 Å². The number of pyridine rings is 1. The molecule has 1 aromatic carbocycles. The van der Waals surface area contributed by atoms with E-state index in [1.165, 1.54) is 11.1 Å². The lowest BCUT2D eigenvalue weighted by molar-refractivity contribution is 0.187. The minimum atomic E-state index is 0.639. The first-order chi connectivity index (χ1) is 7.33. The largest absolute Gasteiger partial charge is 0.305 e. The summed E-state index contributed by atoms with van der Waals surface area (Å²) in [5.74, 6) is 0.639. The van der Waals surface area contributed by atoms with Crippen molar-refractivity contribution in [1.29, 1.82) is 0 Å². The quantitative estimate of drug-likeness (QED) is 0.698. The maximum Gasteiger partial charge on any atom is 0.0705 e. The standard InChI is InChI=1S/C13H14N2/c1-15-8-11(9-15)13-7-6-10-4-2-3-5-12(10)14-13/h2-7,11H,8-9H2,1H3. The van der Waals surface area contributed by atoms with Crippen molar-refractivity contribution in [1.82, 2.24) is 9.88 Å². The van der Waals surface area contributed by atoms with Crippen LogP contribution in [0.2, 0.25) is 0 Å². The van der Waals surface area contributed by atoms with Crippen LogP contribution in [0.25, 0.3) is 10.9 Å². The first-order valence-electron chi connectivity index (χ1n) is 5.37. The Balaban J connectivity index is 1.99. The van der Waals surface area contributed by atoms with E-state index in [1.807, 2.05) is 6.07 Å². The lowest BCUT2D eigenvalue weighted by Gasteiger charge is -2.35. The van der Waals surface area contributed by atoms with Gasteiger partial charge in [0.15, 0.2) is 0 Å². The first-order valence-corrected chi connectivity index (χ1v) is 5.37. The number of hydrogen-bond donors (Lipinski definition) is 0. The van der Waals surface area contributed by atoms with Gasteiger partial charge in [-0.15, -0.1) is 0 Å². The van der Waals surface area contributed by atoms with E-state index in [0.717, 1.165) is 18.6 Å². The Morgan fingerprint density at radius 3 is 2.73 bits per heavy atom. The smallest absolute Gasteiger partial charge is 0.0705 e. The lowest BCUT2D eigenvalue weighted by atomic mass is 9.96. The Morgan fingerprint density at radius 2 is 1.93 bits per heavy atom. The zero-order chi connectivity index (χ0) is 10.3.